The van der Waals surface area contributed by atoms with Crippen molar-refractivity contribution in [3.8, 4) is 11.6 Å². The van der Waals surface area contributed by atoms with Gasteiger partial charge < -0.3 is 9.32 Å². The van der Waals surface area contributed by atoms with Crippen LogP contribution in [0.2, 0.25) is 0 Å². The van der Waals surface area contributed by atoms with E-state index in [1.165, 1.54) is 18.6 Å². The van der Waals surface area contributed by atoms with Gasteiger partial charge in [0.05, 0.1) is 24.9 Å². The van der Waals surface area contributed by atoms with E-state index in [0.717, 1.165) is 12.1 Å². The number of hydrogen-bond donors (Lipinski definition) is 0. The van der Waals surface area contributed by atoms with Crippen LogP contribution in [0.4, 0.5) is 37.7 Å². The molecule has 0 radical (unpaired) electrons. The lowest BCUT2D eigenvalue weighted by Gasteiger charge is -2.25. The summed E-state index contributed by atoms with van der Waals surface area (Å²) in [5.74, 6) is -0.382. The molecule has 13 heteroatoms. The standard InChI is InChI=1S/C17H10F6N6O/c1-24-12-3-2-10(6-11(12)17(21,22)23)29(9-16(18,19)20)8-14-27-28-15(30-14)13-7-25-4-5-26-13/h2-7H,8-9H2. The highest BCUT2D eigenvalue weighted by Gasteiger charge is 2.36. The van der Waals surface area contributed by atoms with Crippen molar-refractivity contribution in [1.82, 2.24) is 20.2 Å². The minimum atomic E-state index is -4.91. The van der Waals surface area contributed by atoms with Gasteiger partial charge in [0.25, 0.3) is 5.89 Å². The van der Waals surface area contributed by atoms with E-state index in [2.05, 4.69) is 25.0 Å². The average Bonchev–Trinajstić information content (AvgIpc) is 3.14. The SMILES string of the molecule is [C-]#[N+]c1ccc(N(Cc2nnc(-c3cnccn3)o2)CC(F)(F)F)cc1C(F)(F)F. The molecule has 0 aliphatic heterocycles. The molecule has 0 atom stereocenters. The summed E-state index contributed by atoms with van der Waals surface area (Å²) < 4.78 is 84.0. The van der Waals surface area contributed by atoms with Gasteiger partial charge in [-0.15, -0.1) is 10.2 Å². The summed E-state index contributed by atoms with van der Waals surface area (Å²) in [6.07, 6.45) is -5.62. The molecule has 0 N–H and O–H groups in total. The molecular weight excluding hydrogens is 418 g/mol. The molecule has 0 fully saturated rings. The lowest BCUT2D eigenvalue weighted by atomic mass is 10.1. The minimum Gasteiger partial charge on any atom is -0.417 e. The molecule has 0 spiro atoms. The lowest BCUT2D eigenvalue weighted by molar-refractivity contribution is -0.136. The van der Waals surface area contributed by atoms with Crippen LogP contribution in [0.15, 0.2) is 41.2 Å². The minimum absolute atomic E-state index is 0.107. The van der Waals surface area contributed by atoms with Crippen molar-refractivity contribution in [2.75, 3.05) is 11.4 Å². The highest BCUT2D eigenvalue weighted by molar-refractivity contribution is 5.62. The highest BCUT2D eigenvalue weighted by Crippen LogP contribution is 2.39. The first-order chi connectivity index (χ1) is 14.1. The van der Waals surface area contributed by atoms with E-state index in [1.54, 1.807) is 0 Å². The molecule has 0 amide bonds. The highest BCUT2D eigenvalue weighted by atomic mass is 19.4. The Morgan fingerprint density at radius 2 is 1.83 bits per heavy atom. The Labute approximate surface area is 164 Å². The van der Waals surface area contributed by atoms with E-state index in [9.17, 15) is 26.3 Å². The first kappa shape index (κ1) is 21.0. The van der Waals surface area contributed by atoms with Crippen molar-refractivity contribution in [2.45, 2.75) is 18.9 Å². The molecule has 0 aliphatic rings. The molecule has 0 saturated carbocycles. The van der Waals surface area contributed by atoms with Crippen LogP contribution in [0.1, 0.15) is 11.5 Å². The Balaban J connectivity index is 1.95. The van der Waals surface area contributed by atoms with Crippen molar-refractivity contribution in [3.05, 3.63) is 59.7 Å². The number of benzene rings is 1. The molecule has 7 nitrogen and oxygen atoms in total. The molecule has 30 heavy (non-hydrogen) atoms. The molecule has 2 aromatic heterocycles. The van der Waals surface area contributed by atoms with Gasteiger partial charge in [0, 0.05) is 18.1 Å². The van der Waals surface area contributed by atoms with Crippen molar-refractivity contribution in [3.63, 3.8) is 0 Å². The second-order valence-corrected chi connectivity index (χ2v) is 5.87. The van der Waals surface area contributed by atoms with Gasteiger partial charge in [0.2, 0.25) is 5.89 Å². The van der Waals surface area contributed by atoms with Crippen LogP contribution in [-0.2, 0) is 12.7 Å². The van der Waals surface area contributed by atoms with Crippen molar-refractivity contribution < 1.29 is 30.8 Å². The zero-order valence-corrected chi connectivity index (χ0v) is 14.7. The third kappa shape index (κ3) is 5.02. The van der Waals surface area contributed by atoms with Crippen LogP contribution in [0.3, 0.4) is 0 Å². The Hall–Kier alpha value is -3.69. The first-order valence-corrected chi connectivity index (χ1v) is 8.06. The van der Waals surface area contributed by atoms with Gasteiger partial charge in [0.1, 0.15) is 12.2 Å². The number of alkyl halides is 6. The Morgan fingerprint density at radius 3 is 2.43 bits per heavy atom. The van der Waals surface area contributed by atoms with Gasteiger partial charge >= 0.3 is 12.4 Å². The quantitative estimate of drug-likeness (QED) is 0.435. The molecule has 0 saturated heterocycles. The maximum atomic E-state index is 13.2. The van der Waals surface area contributed by atoms with E-state index in [0.29, 0.717) is 11.0 Å². The topological polar surface area (TPSA) is 72.3 Å². The van der Waals surface area contributed by atoms with Gasteiger partial charge in [-0.1, -0.05) is 6.07 Å². The second-order valence-electron chi connectivity index (χ2n) is 5.87. The van der Waals surface area contributed by atoms with Gasteiger partial charge in [0.15, 0.2) is 5.69 Å². The van der Waals surface area contributed by atoms with E-state index in [1.807, 2.05) is 0 Å². The van der Waals surface area contributed by atoms with Gasteiger partial charge in [-0.25, -0.2) is 9.83 Å². The summed E-state index contributed by atoms with van der Waals surface area (Å²) in [5, 5.41) is 7.30. The third-order valence-corrected chi connectivity index (χ3v) is 3.72. The Morgan fingerprint density at radius 1 is 1.07 bits per heavy atom. The molecule has 3 aromatic rings. The molecule has 0 bridgehead atoms. The van der Waals surface area contributed by atoms with Gasteiger partial charge in [-0.3, -0.25) is 4.98 Å². The van der Waals surface area contributed by atoms with E-state index >= 15 is 0 Å². The third-order valence-electron chi connectivity index (χ3n) is 3.72. The smallest absolute Gasteiger partial charge is 0.407 e. The number of aromatic nitrogens is 4. The molecule has 0 aliphatic carbocycles. The Bertz CT molecular complexity index is 1060. The van der Waals surface area contributed by atoms with Crippen LogP contribution in [0, 0.1) is 6.57 Å². The van der Waals surface area contributed by atoms with E-state index in [-0.39, 0.29) is 17.5 Å². The summed E-state index contributed by atoms with van der Waals surface area (Å²) in [4.78, 5) is 11.1. The number of halogens is 6. The zero-order chi connectivity index (χ0) is 21.9. The summed E-state index contributed by atoms with van der Waals surface area (Å²) in [7, 11) is 0. The first-order valence-electron chi connectivity index (χ1n) is 8.06. The van der Waals surface area contributed by atoms with Crippen molar-refractivity contribution in [1.29, 1.82) is 0 Å². The van der Waals surface area contributed by atoms with E-state index < -0.39 is 42.4 Å². The van der Waals surface area contributed by atoms with Crippen LogP contribution in [0.5, 0.6) is 0 Å². The lowest BCUT2D eigenvalue weighted by Crippen LogP contribution is -2.34. The fraction of sp³-hybridized carbons (Fsp3) is 0.235. The molecule has 3 rings (SSSR count). The van der Waals surface area contributed by atoms with E-state index in [4.69, 9.17) is 11.0 Å². The molecule has 156 valence electrons. The predicted octanol–water partition coefficient (Wildman–Crippen LogP) is 4.67. The fourth-order valence-corrected chi connectivity index (χ4v) is 2.49. The number of rotatable bonds is 5. The maximum absolute atomic E-state index is 13.2. The molecular formula is C17H10F6N6O. The molecule has 1 aromatic carbocycles. The largest absolute Gasteiger partial charge is 0.417 e. The van der Waals surface area contributed by atoms with Crippen LogP contribution < -0.4 is 4.90 Å². The second kappa shape index (κ2) is 7.97. The summed E-state index contributed by atoms with van der Waals surface area (Å²) >= 11 is 0. The van der Waals surface area contributed by atoms with Crippen LogP contribution in [0.25, 0.3) is 16.4 Å². The zero-order valence-electron chi connectivity index (χ0n) is 14.7. The summed E-state index contributed by atoms with van der Waals surface area (Å²) in [5.41, 5.74) is -2.29. The normalized spacial score (nSPS) is 11.9. The van der Waals surface area contributed by atoms with Gasteiger partial charge in [-0.2, -0.15) is 26.3 Å². The summed E-state index contributed by atoms with van der Waals surface area (Å²) in [6, 6.07) is 2.29. The number of anilines is 1. The van der Waals surface area contributed by atoms with Gasteiger partial charge in [-0.05, 0) is 12.1 Å². The maximum Gasteiger partial charge on any atom is 0.407 e. The number of nitrogens with zero attached hydrogens (tertiary/aromatic N) is 6. The fourth-order valence-electron chi connectivity index (χ4n) is 2.49. The Kier molecular flexibility index (Phi) is 5.59. The van der Waals surface area contributed by atoms with Crippen LogP contribution >= 0.6 is 0 Å². The van der Waals surface area contributed by atoms with Crippen LogP contribution in [-0.4, -0.2) is 32.9 Å². The monoisotopic (exact) mass is 428 g/mol. The average molecular weight is 428 g/mol. The molecule has 2 heterocycles. The number of hydrogen-bond acceptors (Lipinski definition) is 6. The summed E-state index contributed by atoms with van der Waals surface area (Å²) in [6.45, 7) is 4.64. The molecule has 0 unspecified atom stereocenters. The van der Waals surface area contributed by atoms with Crippen molar-refractivity contribution >= 4 is 11.4 Å². The predicted molar refractivity (Wildman–Crippen MR) is 90.1 cm³/mol. The van der Waals surface area contributed by atoms with Crippen molar-refractivity contribution in [2.24, 2.45) is 0 Å².